The van der Waals surface area contributed by atoms with Crippen LogP contribution in [0.3, 0.4) is 0 Å². The van der Waals surface area contributed by atoms with E-state index in [4.69, 9.17) is 9.52 Å². The van der Waals surface area contributed by atoms with Gasteiger partial charge in [-0.1, -0.05) is 12.1 Å². The quantitative estimate of drug-likeness (QED) is 0.912. The smallest absolute Gasteiger partial charge is 0.303 e. The van der Waals surface area contributed by atoms with Crippen molar-refractivity contribution in [3.63, 3.8) is 0 Å². The molecular weight excluding hydrogens is 244 g/mol. The lowest BCUT2D eigenvalue weighted by atomic mass is 10.1. The summed E-state index contributed by atoms with van der Waals surface area (Å²) in [7, 11) is 0. The summed E-state index contributed by atoms with van der Waals surface area (Å²) in [5.41, 5.74) is 1.68. The highest BCUT2D eigenvalue weighted by Gasteiger charge is 2.25. The number of oxazole rings is 1. The van der Waals surface area contributed by atoms with Gasteiger partial charge < -0.3 is 9.52 Å². The largest absolute Gasteiger partial charge is 0.481 e. The molecule has 5 nitrogen and oxygen atoms in total. The molecule has 1 fully saturated rings. The molecule has 0 spiro atoms. The first kappa shape index (κ1) is 12.2. The first-order valence-corrected chi connectivity index (χ1v) is 6.49. The Labute approximate surface area is 110 Å². The van der Waals surface area contributed by atoms with Gasteiger partial charge in [0, 0.05) is 13.0 Å². The lowest BCUT2D eigenvalue weighted by Crippen LogP contribution is -2.21. The molecular formula is C14H16N2O3. The third-order valence-corrected chi connectivity index (χ3v) is 3.53. The van der Waals surface area contributed by atoms with Crippen molar-refractivity contribution in [1.82, 2.24) is 9.88 Å². The molecule has 0 bridgehead atoms. The molecule has 0 radical (unpaired) electrons. The van der Waals surface area contributed by atoms with Crippen LogP contribution < -0.4 is 0 Å². The van der Waals surface area contributed by atoms with Crippen LogP contribution in [0.2, 0.25) is 0 Å². The van der Waals surface area contributed by atoms with Crippen molar-refractivity contribution in [1.29, 1.82) is 0 Å². The number of hydrogen-bond donors (Lipinski definition) is 1. The Morgan fingerprint density at radius 1 is 1.47 bits per heavy atom. The molecule has 2 aromatic rings. The zero-order valence-electron chi connectivity index (χ0n) is 10.6. The van der Waals surface area contributed by atoms with E-state index in [-0.39, 0.29) is 12.3 Å². The highest BCUT2D eigenvalue weighted by Crippen LogP contribution is 2.22. The summed E-state index contributed by atoms with van der Waals surface area (Å²) in [5, 5.41) is 8.80. The summed E-state index contributed by atoms with van der Waals surface area (Å²) >= 11 is 0. The lowest BCUT2D eigenvalue weighted by Gasteiger charge is -2.12. The summed E-state index contributed by atoms with van der Waals surface area (Å²) < 4.78 is 5.68. The predicted molar refractivity (Wildman–Crippen MR) is 69.6 cm³/mol. The zero-order chi connectivity index (χ0) is 13.2. The van der Waals surface area contributed by atoms with E-state index in [1.807, 2.05) is 24.3 Å². The van der Waals surface area contributed by atoms with Gasteiger partial charge in [-0.2, -0.15) is 0 Å². The van der Waals surface area contributed by atoms with E-state index >= 15 is 0 Å². The Morgan fingerprint density at radius 3 is 3.11 bits per heavy atom. The summed E-state index contributed by atoms with van der Waals surface area (Å²) in [5.74, 6) is 0.243. The Balaban J connectivity index is 1.64. The lowest BCUT2D eigenvalue weighted by molar-refractivity contribution is -0.138. The van der Waals surface area contributed by atoms with E-state index in [0.29, 0.717) is 12.4 Å². The van der Waals surface area contributed by atoms with E-state index in [9.17, 15) is 4.79 Å². The molecule has 1 aromatic heterocycles. The molecule has 1 atom stereocenters. The molecule has 1 aliphatic heterocycles. The number of carboxylic acid groups (broad SMARTS) is 1. The van der Waals surface area contributed by atoms with Gasteiger partial charge in [0.25, 0.3) is 0 Å². The minimum Gasteiger partial charge on any atom is -0.481 e. The topological polar surface area (TPSA) is 66.6 Å². The van der Waals surface area contributed by atoms with Crippen molar-refractivity contribution in [3.8, 4) is 0 Å². The van der Waals surface area contributed by atoms with Gasteiger partial charge in [-0.05, 0) is 31.0 Å². The maximum absolute atomic E-state index is 10.7. The Hall–Kier alpha value is -1.88. The molecule has 2 heterocycles. The summed E-state index contributed by atoms with van der Waals surface area (Å²) in [6.45, 7) is 2.38. The van der Waals surface area contributed by atoms with Crippen LogP contribution >= 0.6 is 0 Å². The van der Waals surface area contributed by atoms with Crippen LogP contribution in [0.5, 0.6) is 0 Å². The minimum absolute atomic E-state index is 0.252. The summed E-state index contributed by atoms with van der Waals surface area (Å²) in [4.78, 5) is 17.3. The Kier molecular flexibility index (Phi) is 3.21. The number of benzene rings is 1. The molecule has 1 saturated heterocycles. The van der Waals surface area contributed by atoms with Crippen molar-refractivity contribution in [2.45, 2.75) is 19.4 Å². The van der Waals surface area contributed by atoms with Gasteiger partial charge in [0.2, 0.25) is 5.89 Å². The average Bonchev–Trinajstić information content (AvgIpc) is 2.94. The van der Waals surface area contributed by atoms with Crippen LogP contribution in [-0.4, -0.2) is 34.0 Å². The number of carboxylic acids is 1. The highest BCUT2D eigenvalue weighted by atomic mass is 16.4. The molecule has 1 aromatic carbocycles. The van der Waals surface area contributed by atoms with Crippen molar-refractivity contribution < 1.29 is 14.3 Å². The number of aliphatic carboxylic acids is 1. The van der Waals surface area contributed by atoms with Gasteiger partial charge >= 0.3 is 5.97 Å². The van der Waals surface area contributed by atoms with Crippen LogP contribution in [0.25, 0.3) is 11.1 Å². The predicted octanol–water partition coefficient (Wildman–Crippen LogP) is 2.12. The molecule has 0 amide bonds. The van der Waals surface area contributed by atoms with Gasteiger partial charge in [-0.25, -0.2) is 4.98 Å². The fraction of sp³-hybridized carbons (Fsp3) is 0.429. The number of nitrogens with zero attached hydrogens (tertiary/aromatic N) is 2. The molecule has 0 saturated carbocycles. The zero-order valence-corrected chi connectivity index (χ0v) is 10.6. The van der Waals surface area contributed by atoms with E-state index in [0.717, 1.165) is 30.6 Å². The van der Waals surface area contributed by atoms with Gasteiger partial charge in [0.15, 0.2) is 5.58 Å². The van der Waals surface area contributed by atoms with Gasteiger partial charge in [0.05, 0.1) is 6.54 Å². The number of para-hydroxylation sites is 2. The third kappa shape index (κ3) is 2.76. The number of hydrogen-bond acceptors (Lipinski definition) is 4. The monoisotopic (exact) mass is 260 g/mol. The van der Waals surface area contributed by atoms with Gasteiger partial charge in [-0.3, -0.25) is 9.69 Å². The molecule has 0 aliphatic carbocycles. The van der Waals surface area contributed by atoms with Crippen LogP contribution in [0.15, 0.2) is 28.7 Å². The fourth-order valence-electron chi connectivity index (χ4n) is 2.65. The number of rotatable bonds is 4. The van der Waals surface area contributed by atoms with Crippen LogP contribution in [0, 0.1) is 5.92 Å². The van der Waals surface area contributed by atoms with Crippen molar-refractivity contribution in [2.75, 3.05) is 13.1 Å². The van der Waals surface area contributed by atoms with Crippen LogP contribution in [-0.2, 0) is 11.3 Å². The van der Waals surface area contributed by atoms with E-state index < -0.39 is 5.97 Å². The maximum atomic E-state index is 10.7. The van der Waals surface area contributed by atoms with Gasteiger partial charge in [0.1, 0.15) is 5.52 Å². The molecule has 100 valence electrons. The standard InChI is InChI=1S/C14H16N2O3/c17-14(18)7-10-5-6-16(8-10)9-13-15-11-3-1-2-4-12(11)19-13/h1-4,10H,5-9H2,(H,17,18). The van der Waals surface area contributed by atoms with Crippen LogP contribution in [0.4, 0.5) is 0 Å². The van der Waals surface area contributed by atoms with Gasteiger partial charge in [-0.15, -0.1) is 0 Å². The van der Waals surface area contributed by atoms with E-state index in [1.165, 1.54) is 0 Å². The molecule has 1 aliphatic rings. The van der Waals surface area contributed by atoms with Crippen molar-refractivity contribution in [3.05, 3.63) is 30.2 Å². The molecule has 1 N–H and O–H groups in total. The molecule has 3 rings (SSSR count). The average molecular weight is 260 g/mol. The molecule has 5 heteroatoms. The summed E-state index contributed by atoms with van der Waals surface area (Å²) in [6.07, 6.45) is 1.19. The number of fused-ring (bicyclic) bond motifs is 1. The van der Waals surface area contributed by atoms with Crippen LogP contribution in [0.1, 0.15) is 18.7 Å². The van der Waals surface area contributed by atoms with Crippen molar-refractivity contribution in [2.24, 2.45) is 5.92 Å². The SMILES string of the molecule is O=C(O)CC1CCN(Cc2nc3ccccc3o2)C1. The molecule has 1 unspecified atom stereocenters. The van der Waals surface area contributed by atoms with Crippen molar-refractivity contribution >= 4 is 17.1 Å². The second kappa shape index (κ2) is 5.01. The first-order chi connectivity index (χ1) is 9.20. The maximum Gasteiger partial charge on any atom is 0.303 e. The van der Waals surface area contributed by atoms with E-state index in [1.54, 1.807) is 0 Å². The Morgan fingerprint density at radius 2 is 2.32 bits per heavy atom. The summed E-state index contributed by atoms with van der Waals surface area (Å²) in [6, 6.07) is 7.70. The first-order valence-electron chi connectivity index (χ1n) is 6.49. The number of carbonyl (C=O) groups is 1. The highest BCUT2D eigenvalue weighted by molar-refractivity contribution is 5.72. The minimum atomic E-state index is -0.714. The Bertz CT molecular complexity index is 560. The molecule has 19 heavy (non-hydrogen) atoms. The van der Waals surface area contributed by atoms with E-state index in [2.05, 4.69) is 9.88 Å². The second-order valence-corrected chi connectivity index (χ2v) is 5.06. The number of likely N-dealkylation sites (tertiary alicyclic amines) is 1. The number of aromatic nitrogens is 1. The second-order valence-electron chi connectivity index (χ2n) is 5.06. The third-order valence-electron chi connectivity index (χ3n) is 3.53. The fourth-order valence-corrected chi connectivity index (χ4v) is 2.65. The normalized spacial score (nSPS) is 20.1.